The predicted octanol–water partition coefficient (Wildman–Crippen LogP) is 0.745. The molecule has 0 radical (unpaired) electrons. The summed E-state index contributed by atoms with van der Waals surface area (Å²) < 4.78 is 1.54. The number of hydrogen-bond acceptors (Lipinski definition) is 5. The van der Waals surface area contributed by atoms with E-state index in [1.807, 2.05) is 6.07 Å². The molecule has 3 amide bonds. The highest BCUT2D eigenvalue weighted by atomic mass is 16.2. The minimum Gasteiger partial charge on any atom is -0.324 e. The molecule has 118 valence electrons. The molecule has 1 aliphatic rings. The van der Waals surface area contributed by atoms with Crippen LogP contribution in [0.1, 0.15) is 19.3 Å². The van der Waals surface area contributed by atoms with Crippen LogP contribution in [0.4, 0.5) is 5.69 Å². The van der Waals surface area contributed by atoms with Crippen LogP contribution >= 0.6 is 0 Å². The summed E-state index contributed by atoms with van der Waals surface area (Å²) in [6, 6.07) is 7.18. The molecule has 8 heteroatoms. The van der Waals surface area contributed by atoms with Crippen LogP contribution in [0.2, 0.25) is 0 Å². The molecule has 1 aliphatic heterocycles. The first-order valence-corrected chi connectivity index (χ1v) is 7.22. The van der Waals surface area contributed by atoms with Crippen molar-refractivity contribution in [1.82, 2.24) is 19.7 Å². The molecule has 1 saturated heterocycles. The van der Waals surface area contributed by atoms with Crippen molar-refractivity contribution >= 4 is 23.4 Å². The van der Waals surface area contributed by atoms with E-state index in [-0.39, 0.29) is 43.5 Å². The van der Waals surface area contributed by atoms with Crippen LogP contribution in [-0.4, -0.2) is 43.9 Å². The molecule has 2 heterocycles. The van der Waals surface area contributed by atoms with Crippen LogP contribution in [-0.2, 0) is 14.4 Å². The second kappa shape index (κ2) is 6.39. The molecule has 0 atom stereocenters. The Morgan fingerprint density at radius 1 is 1.17 bits per heavy atom. The molecule has 1 aromatic carbocycles. The summed E-state index contributed by atoms with van der Waals surface area (Å²) >= 11 is 0. The summed E-state index contributed by atoms with van der Waals surface area (Å²) in [4.78, 5) is 40.2. The molecule has 1 N–H and O–H groups in total. The van der Waals surface area contributed by atoms with E-state index >= 15 is 0 Å². The van der Waals surface area contributed by atoms with Gasteiger partial charge in [0.25, 0.3) is 0 Å². The number of benzene rings is 1. The van der Waals surface area contributed by atoms with Gasteiger partial charge in [-0.3, -0.25) is 19.3 Å². The molecular weight excluding hydrogens is 298 g/mol. The van der Waals surface area contributed by atoms with Gasteiger partial charge in [0.2, 0.25) is 17.7 Å². The third-order valence-electron chi connectivity index (χ3n) is 3.56. The number of hydrogen-bond donors (Lipinski definition) is 1. The zero-order chi connectivity index (χ0) is 16.2. The Bertz CT molecular complexity index is 725. The summed E-state index contributed by atoms with van der Waals surface area (Å²) in [5, 5.41) is 6.82. The second-order valence-corrected chi connectivity index (χ2v) is 5.09. The lowest BCUT2D eigenvalue weighted by molar-refractivity contribution is -0.138. The first-order chi connectivity index (χ1) is 11.1. The van der Waals surface area contributed by atoms with Gasteiger partial charge in [0.1, 0.15) is 12.7 Å². The lowest BCUT2D eigenvalue weighted by Gasteiger charge is -2.14. The SMILES string of the molecule is O=C(CCN1C(=O)CCC1=O)Nc1ccccc1-n1cncn1. The summed E-state index contributed by atoms with van der Waals surface area (Å²) in [5.41, 5.74) is 1.27. The third-order valence-corrected chi connectivity index (χ3v) is 3.56. The number of carbonyl (C=O) groups excluding carboxylic acids is 3. The third kappa shape index (κ3) is 3.25. The fourth-order valence-corrected chi connectivity index (χ4v) is 2.41. The maximum absolute atomic E-state index is 12.1. The van der Waals surface area contributed by atoms with Crippen molar-refractivity contribution in [3.8, 4) is 5.69 Å². The minimum atomic E-state index is -0.273. The van der Waals surface area contributed by atoms with Gasteiger partial charge in [-0.25, -0.2) is 9.67 Å². The molecule has 23 heavy (non-hydrogen) atoms. The monoisotopic (exact) mass is 313 g/mol. The zero-order valence-corrected chi connectivity index (χ0v) is 12.3. The number of aromatic nitrogens is 3. The van der Waals surface area contributed by atoms with Crippen molar-refractivity contribution in [2.75, 3.05) is 11.9 Å². The number of nitrogens with one attached hydrogen (secondary N) is 1. The van der Waals surface area contributed by atoms with Gasteiger partial charge >= 0.3 is 0 Å². The van der Waals surface area contributed by atoms with Gasteiger partial charge in [0.05, 0.1) is 11.4 Å². The largest absolute Gasteiger partial charge is 0.324 e. The molecule has 2 aromatic rings. The predicted molar refractivity (Wildman–Crippen MR) is 80.6 cm³/mol. The molecule has 1 fully saturated rings. The van der Waals surface area contributed by atoms with Crippen LogP contribution in [0.15, 0.2) is 36.9 Å². The first-order valence-electron chi connectivity index (χ1n) is 7.22. The number of carbonyl (C=O) groups is 3. The second-order valence-electron chi connectivity index (χ2n) is 5.09. The Kier molecular flexibility index (Phi) is 4.13. The number of para-hydroxylation sites is 2. The maximum atomic E-state index is 12.1. The summed E-state index contributed by atoms with van der Waals surface area (Å²) in [6.07, 6.45) is 3.46. The van der Waals surface area contributed by atoms with Crippen molar-refractivity contribution < 1.29 is 14.4 Å². The molecule has 0 aliphatic carbocycles. The van der Waals surface area contributed by atoms with Crippen LogP contribution in [0, 0.1) is 0 Å². The van der Waals surface area contributed by atoms with Gasteiger partial charge in [0.15, 0.2) is 0 Å². The van der Waals surface area contributed by atoms with E-state index in [1.165, 1.54) is 12.7 Å². The lowest BCUT2D eigenvalue weighted by Crippen LogP contribution is -2.32. The molecule has 0 unspecified atom stereocenters. The Labute approximate surface area is 132 Å². The Morgan fingerprint density at radius 3 is 2.61 bits per heavy atom. The highest BCUT2D eigenvalue weighted by Crippen LogP contribution is 2.19. The molecule has 3 rings (SSSR count). The number of anilines is 1. The number of amides is 3. The van der Waals surface area contributed by atoms with Gasteiger partial charge in [0, 0.05) is 25.8 Å². The standard InChI is InChI=1S/C15H15N5O3/c21-13(7-8-19-14(22)5-6-15(19)23)18-11-3-1-2-4-12(11)20-10-16-9-17-20/h1-4,9-10H,5-8H2,(H,18,21). The Morgan fingerprint density at radius 2 is 1.91 bits per heavy atom. The van der Waals surface area contributed by atoms with Crippen molar-refractivity contribution in [2.24, 2.45) is 0 Å². The Hall–Kier alpha value is -3.03. The number of nitrogens with zero attached hydrogens (tertiary/aromatic N) is 4. The summed E-state index contributed by atoms with van der Waals surface area (Å²) in [5.74, 6) is -0.707. The first kappa shape index (κ1) is 14.9. The van der Waals surface area contributed by atoms with Gasteiger partial charge < -0.3 is 5.32 Å². The van der Waals surface area contributed by atoms with Gasteiger partial charge in [-0.2, -0.15) is 5.10 Å². The van der Waals surface area contributed by atoms with Crippen LogP contribution in [0.3, 0.4) is 0 Å². The highest BCUT2D eigenvalue weighted by Gasteiger charge is 2.28. The van der Waals surface area contributed by atoms with E-state index in [9.17, 15) is 14.4 Å². The van der Waals surface area contributed by atoms with Crippen molar-refractivity contribution in [1.29, 1.82) is 0 Å². The van der Waals surface area contributed by atoms with Crippen LogP contribution in [0.5, 0.6) is 0 Å². The lowest BCUT2D eigenvalue weighted by atomic mass is 10.2. The molecule has 8 nitrogen and oxygen atoms in total. The van der Waals surface area contributed by atoms with E-state index < -0.39 is 0 Å². The van der Waals surface area contributed by atoms with E-state index in [0.29, 0.717) is 11.4 Å². The van der Waals surface area contributed by atoms with E-state index in [4.69, 9.17) is 0 Å². The van der Waals surface area contributed by atoms with E-state index in [2.05, 4.69) is 15.4 Å². The minimum absolute atomic E-state index is 0.0587. The number of likely N-dealkylation sites (tertiary alicyclic amines) is 1. The zero-order valence-electron chi connectivity index (χ0n) is 12.3. The number of imide groups is 1. The fourth-order valence-electron chi connectivity index (χ4n) is 2.41. The maximum Gasteiger partial charge on any atom is 0.229 e. The van der Waals surface area contributed by atoms with Gasteiger partial charge in [-0.15, -0.1) is 0 Å². The quantitative estimate of drug-likeness (QED) is 0.821. The summed E-state index contributed by atoms with van der Waals surface area (Å²) in [7, 11) is 0. The van der Waals surface area contributed by atoms with E-state index in [0.717, 1.165) is 4.90 Å². The molecule has 1 aromatic heterocycles. The van der Waals surface area contributed by atoms with Crippen molar-refractivity contribution in [3.63, 3.8) is 0 Å². The average molecular weight is 313 g/mol. The molecule has 0 spiro atoms. The normalized spacial score (nSPS) is 14.3. The molecular formula is C15H15N5O3. The highest BCUT2D eigenvalue weighted by molar-refractivity contribution is 6.02. The average Bonchev–Trinajstić information content (AvgIpc) is 3.17. The smallest absolute Gasteiger partial charge is 0.229 e. The van der Waals surface area contributed by atoms with E-state index in [1.54, 1.807) is 22.9 Å². The van der Waals surface area contributed by atoms with Crippen molar-refractivity contribution in [2.45, 2.75) is 19.3 Å². The van der Waals surface area contributed by atoms with Crippen molar-refractivity contribution in [3.05, 3.63) is 36.9 Å². The topological polar surface area (TPSA) is 97.2 Å². The van der Waals surface area contributed by atoms with Gasteiger partial charge in [-0.05, 0) is 12.1 Å². The van der Waals surface area contributed by atoms with Crippen LogP contribution in [0.25, 0.3) is 5.69 Å². The molecule has 0 bridgehead atoms. The summed E-state index contributed by atoms with van der Waals surface area (Å²) in [6.45, 7) is 0.106. The molecule has 0 saturated carbocycles. The Balaban J connectivity index is 1.65. The number of rotatable bonds is 5. The van der Waals surface area contributed by atoms with Gasteiger partial charge in [-0.1, -0.05) is 12.1 Å². The van der Waals surface area contributed by atoms with Crippen LogP contribution < -0.4 is 5.32 Å². The fraction of sp³-hybridized carbons (Fsp3) is 0.267.